The lowest BCUT2D eigenvalue weighted by Gasteiger charge is -2.08. The summed E-state index contributed by atoms with van der Waals surface area (Å²) in [5, 5.41) is 29.7. The van der Waals surface area contributed by atoms with E-state index in [0.717, 1.165) is 0 Å². The zero-order valence-corrected chi connectivity index (χ0v) is 21.4. The first-order valence-electron chi connectivity index (χ1n) is 10.8. The molecular weight excluding hydrogens is 502 g/mol. The van der Waals surface area contributed by atoms with Gasteiger partial charge in [-0.25, -0.2) is 4.79 Å². The van der Waals surface area contributed by atoms with Gasteiger partial charge in [0.25, 0.3) is 0 Å². The number of phenolic OH excluding ortho intramolecular Hbond substituents is 2. The van der Waals surface area contributed by atoms with Crippen molar-refractivity contribution in [2.45, 2.75) is 19.4 Å². The van der Waals surface area contributed by atoms with E-state index < -0.39 is 12.0 Å². The summed E-state index contributed by atoms with van der Waals surface area (Å²) in [4.78, 5) is 44.4. The lowest BCUT2D eigenvalue weighted by Crippen LogP contribution is -2.40. The number of aromatic hydroxyl groups is 2. The number of hydrogen-bond donors (Lipinski definition) is 5. The lowest BCUT2D eigenvalue weighted by atomic mass is 10.1. The molecule has 0 aliphatic heterocycles. The summed E-state index contributed by atoms with van der Waals surface area (Å²) in [6.07, 6.45) is 5.44. The van der Waals surface area contributed by atoms with Crippen LogP contribution < -0.4 is 14.8 Å². The second-order valence-electron chi connectivity index (χ2n) is 7.41. The van der Waals surface area contributed by atoms with Gasteiger partial charge in [-0.1, -0.05) is 24.3 Å². The third kappa shape index (κ3) is 11.4. The molecule has 0 fully saturated rings. The summed E-state index contributed by atoms with van der Waals surface area (Å²) in [7, 11) is 2.87. The molecule has 37 heavy (non-hydrogen) atoms. The third-order valence-corrected chi connectivity index (χ3v) is 4.90. The first-order chi connectivity index (χ1) is 17.5. The fraction of sp³-hybridized carbons (Fsp3) is 0.231. The highest BCUT2D eigenvalue weighted by molar-refractivity contribution is 7.80. The van der Waals surface area contributed by atoms with Gasteiger partial charge in [-0.2, -0.15) is 12.6 Å². The maximum Gasteiger partial charge on any atom is 0.327 e. The van der Waals surface area contributed by atoms with Crippen LogP contribution in [0.5, 0.6) is 23.0 Å². The molecule has 0 saturated heterocycles. The summed E-state index contributed by atoms with van der Waals surface area (Å²) in [6, 6.07) is 8.47. The van der Waals surface area contributed by atoms with E-state index in [2.05, 4.69) is 17.9 Å². The number of phenols is 2. The zero-order valence-electron chi connectivity index (χ0n) is 20.5. The topological polar surface area (TPSA) is 159 Å². The summed E-state index contributed by atoms with van der Waals surface area (Å²) >= 11 is 3.73. The highest BCUT2D eigenvalue weighted by Gasteiger charge is 2.15. The molecule has 11 heteroatoms. The predicted octanol–water partition coefficient (Wildman–Crippen LogP) is 2.88. The minimum Gasteiger partial charge on any atom is -0.504 e. The number of carboxylic acids is 1. The quantitative estimate of drug-likeness (QED) is 0.167. The molecule has 0 spiro atoms. The Hall–Kier alpha value is -4.25. The number of rotatable bonds is 11. The van der Waals surface area contributed by atoms with Crippen molar-refractivity contribution >= 4 is 48.2 Å². The van der Waals surface area contributed by atoms with E-state index in [1.165, 1.54) is 45.4 Å². The van der Waals surface area contributed by atoms with Gasteiger partial charge in [-0.3, -0.25) is 14.4 Å². The normalized spacial score (nSPS) is 11.4. The van der Waals surface area contributed by atoms with E-state index in [1.54, 1.807) is 36.4 Å². The Morgan fingerprint density at radius 3 is 1.62 bits per heavy atom. The molecule has 2 aromatic carbocycles. The van der Waals surface area contributed by atoms with Gasteiger partial charge in [0, 0.05) is 12.7 Å². The summed E-state index contributed by atoms with van der Waals surface area (Å²) < 4.78 is 10.00. The number of allylic oxidation sites excluding steroid dienone is 2. The van der Waals surface area contributed by atoms with Crippen LogP contribution in [-0.4, -0.2) is 64.8 Å². The Morgan fingerprint density at radius 1 is 0.892 bits per heavy atom. The number of hydrogen-bond acceptors (Lipinski definition) is 9. The Kier molecular flexibility index (Phi) is 13.0. The van der Waals surface area contributed by atoms with Gasteiger partial charge in [-0.15, -0.1) is 0 Å². The Bertz CT molecular complexity index is 1100. The average molecular weight is 532 g/mol. The fourth-order valence-corrected chi connectivity index (χ4v) is 2.94. The van der Waals surface area contributed by atoms with E-state index in [1.807, 2.05) is 0 Å². The van der Waals surface area contributed by atoms with Gasteiger partial charge in [0.1, 0.15) is 6.04 Å². The number of amides is 1. The SMILES string of the molecule is CC(=O)N[C@@H](CS)C(=O)O.COc1cc(/C=C/C(=O)CC(=O)/C=C/c2ccc(O)c(OC)c2)ccc1O. The number of thiol groups is 1. The highest BCUT2D eigenvalue weighted by Crippen LogP contribution is 2.27. The molecule has 0 heterocycles. The van der Waals surface area contributed by atoms with E-state index >= 15 is 0 Å². The Balaban J connectivity index is 0.000000580. The third-order valence-electron chi connectivity index (χ3n) is 4.54. The number of carboxylic acid groups (broad SMARTS) is 1. The first-order valence-corrected chi connectivity index (χ1v) is 11.4. The number of methoxy groups -OCH3 is 2. The standard InChI is InChI=1S/C21H20O6.C5H9NO3S/c1-26-20-11-14(5-9-18(20)24)3-7-16(22)13-17(23)8-4-15-6-10-19(25)21(12-15)27-2;1-3(7)6-4(2-10)5(8)9/h3-12,24-25H,13H2,1-2H3;4,10H,2H2,1H3,(H,6,7)(H,8,9)/b7-3+,8-4+;/t;4-/m.0/s1. The number of carbonyl (C=O) groups excluding carboxylic acids is 3. The molecular formula is C26H29NO9S. The molecule has 4 N–H and O–H groups in total. The number of nitrogens with one attached hydrogen (secondary N) is 1. The van der Waals surface area contributed by atoms with Gasteiger partial charge in [0.15, 0.2) is 34.6 Å². The number of carbonyl (C=O) groups is 4. The van der Waals surface area contributed by atoms with E-state index in [9.17, 15) is 29.4 Å². The van der Waals surface area contributed by atoms with Gasteiger partial charge in [-0.05, 0) is 47.5 Å². The molecule has 10 nitrogen and oxygen atoms in total. The molecule has 198 valence electrons. The van der Waals surface area contributed by atoms with Crippen molar-refractivity contribution in [3.8, 4) is 23.0 Å². The van der Waals surface area contributed by atoms with E-state index in [4.69, 9.17) is 14.6 Å². The summed E-state index contributed by atoms with van der Waals surface area (Å²) in [6.45, 7) is 1.26. The minimum absolute atomic E-state index is 0.00662. The molecule has 0 aliphatic carbocycles. The van der Waals surface area contributed by atoms with Crippen LogP contribution in [0.3, 0.4) is 0 Å². The molecule has 0 unspecified atom stereocenters. The summed E-state index contributed by atoms with van der Waals surface area (Å²) in [5.41, 5.74) is 1.33. The maximum absolute atomic E-state index is 11.9. The van der Waals surface area contributed by atoms with Crippen molar-refractivity contribution in [1.82, 2.24) is 5.32 Å². The molecule has 0 radical (unpaired) electrons. The average Bonchev–Trinajstić information content (AvgIpc) is 2.86. The van der Waals surface area contributed by atoms with Crippen molar-refractivity contribution in [2.75, 3.05) is 20.0 Å². The summed E-state index contributed by atoms with van der Waals surface area (Å²) in [5.74, 6) is -1.40. The van der Waals surface area contributed by atoms with Crippen molar-refractivity contribution in [2.24, 2.45) is 0 Å². The molecule has 0 bridgehead atoms. The zero-order chi connectivity index (χ0) is 28.0. The van der Waals surface area contributed by atoms with E-state index in [0.29, 0.717) is 22.6 Å². The monoisotopic (exact) mass is 531 g/mol. The van der Waals surface area contributed by atoms with Gasteiger partial charge >= 0.3 is 5.97 Å². The number of aliphatic carboxylic acids is 1. The predicted molar refractivity (Wildman–Crippen MR) is 141 cm³/mol. The number of benzene rings is 2. The van der Waals surface area contributed by atoms with Gasteiger partial charge < -0.3 is 30.1 Å². The number of ether oxygens (including phenoxy) is 2. The minimum atomic E-state index is -1.06. The Labute approximate surface area is 219 Å². The van der Waals surface area contributed by atoms with Crippen LogP contribution in [0.15, 0.2) is 48.6 Å². The second-order valence-corrected chi connectivity index (χ2v) is 7.78. The highest BCUT2D eigenvalue weighted by atomic mass is 32.1. The number of ketones is 2. The van der Waals surface area contributed by atoms with Crippen molar-refractivity contribution in [1.29, 1.82) is 0 Å². The van der Waals surface area contributed by atoms with Crippen LogP contribution in [0.4, 0.5) is 0 Å². The van der Waals surface area contributed by atoms with Crippen LogP contribution in [0, 0.1) is 0 Å². The smallest absolute Gasteiger partial charge is 0.327 e. The molecule has 0 aromatic heterocycles. The van der Waals surface area contributed by atoms with Crippen molar-refractivity contribution in [3.05, 3.63) is 59.7 Å². The van der Waals surface area contributed by atoms with E-state index in [-0.39, 0.29) is 41.1 Å². The Morgan fingerprint density at radius 2 is 1.32 bits per heavy atom. The van der Waals surface area contributed by atoms with Crippen molar-refractivity contribution < 1.29 is 44.0 Å². The fourth-order valence-electron chi connectivity index (χ4n) is 2.69. The van der Waals surface area contributed by atoms with Crippen LogP contribution in [0.25, 0.3) is 12.2 Å². The van der Waals surface area contributed by atoms with Gasteiger partial charge in [0.2, 0.25) is 5.91 Å². The molecule has 0 aliphatic rings. The van der Waals surface area contributed by atoms with Crippen LogP contribution in [0.1, 0.15) is 24.5 Å². The van der Waals surface area contributed by atoms with Crippen molar-refractivity contribution in [3.63, 3.8) is 0 Å². The lowest BCUT2D eigenvalue weighted by molar-refractivity contribution is -0.140. The van der Waals surface area contributed by atoms with Crippen LogP contribution in [0.2, 0.25) is 0 Å². The molecule has 2 rings (SSSR count). The molecule has 2 aromatic rings. The molecule has 1 amide bonds. The van der Waals surface area contributed by atoms with Crippen LogP contribution in [-0.2, 0) is 19.2 Å². The van der Waals surface area contributed by atoms with Crippen LogP contribution >= 0.6 is 12.6 Å². The molecule has 0 saturated carbocycles. The first kappa shape index (κ1) is 30.8. The largest absolute Gasteiger partial charge is 0.504 e. The molecule has 1 atom stereocenters. The second kappa shape index (κ2) is 15.7. The van der Waals surface area contributed by atoms with Gasteiger partial charge in [0.05, 0.1) is 20.6 Å². The maximum atomic E-state index is 11.9.